The fourth-order valence-corrected chi connectivity index (χ4v) is 3.05. The monoisotopic (exact) mass is 367 g/mol. The molecule has 138 valence electrons. The number of non-ortho nitro benzene ring substituents is 1. The van der Waals surface area contributed by atoms with E-state index < -0.39 is 22.6 Å². The Morgan fingerprint density at radius 2 is 2.07 bits per heavy atom. The Bertz CT molecular complexity index is 932. The number of fused-ring (bicyclic) bond motifs is 1. The highest BCUT2D eigenvalue weighted by Gasteiger charge is 2.36. The van der Waals surface area contributed by atoms with Crippen LogP contribution in [0.1, 0.15) is 21.5 Å². The number of methoxy groups -OCH3 is 1. The number of Topliss-reactive ketones (excluding diaryl/α,β-unsaturated/α-hetero) is 1. The molecule has 1 unspecified atom stereocenters. The lowest BCUT2D eigenvalue weighted by molar-refractivity contribution is -0.384. The smallest absolute Gasteiger partial charge is 0.322 e. The molecule has 27 heavy (non-hydrogen) atoms. The molecule has 0 fully saturated rings. The first kappa shape index (κ1) is 18.3. The van der Waals surface area contributed by atoms with Crippen LogP contribution in [0.25, 0.3) is 0 Å². The summed E-state index contributed by atoms with van der Waals surface area (Å²) >= 11 is 0. The maximum absolute atomic E-state index is 12.7. The second kappa shape index (κ2) is 7.41. The molecule has 0 saturated carbocycles. The van der Waals surface area contributed by atoms with E-state index in [1.165, 1.54) is 31.4 Å². The summed E-state index contributed by atoms with van der Waals surface area (Å²) in [7, 11) is 1.48. The van der Waals surface area contributed by atoms with Crippen molar-refractivity contribution in [3.8, 4) is 11.5 Å². The van der Waals surface area contributed by atoms with Gasteiger partial charge in [-0.15, -0.1) is 6.58 Å². The molecule has 0 spiro atoms. The molecule has 1 aliphatic rings. The van der Waals surface area contributed by atoms with E-state index in [2.05, 4.69) is 6.58 Å². The summed E-state index contributed by atoms with van der Waals surface area (Å²) in [6, 6.07) is 8.80. The number of allylic oxidation sites excluding steroid dienone is 1. The van der Waals surface area contributed by atoms with Crippen molar-refractivity contribution >= 4 is 17.4 Å². The van der Waals surface area contributed by atoms with Crippen molar-refractivity contribution in [2.45, 2.75) is 12.8 Å². The highest BCUT2D eigenvalue weighted by molar-refractivity contribution is 6.10. The summed E-state index contributed by atoms with van der Waals surface area (Å²) in [5, 5.41) is 10.7. The highest BCUT2D eigenvalue weighted by Crippen LogP contribution is 2.39. The van der Waals surface area contributed by atoms with E-state index in [-0.39, 0.29) is 17.7 Å². The number of esters is 1. The third kappa shape index (κ3) is 3.57. The van der Waals surface area contributed by atoms with Crippen molar-refractivity contribution in [2.24, 2.45) is 5.92 Å². The summed E-state index contributed by atoms with van der Waals surface area (Å²) in [4.78, 5) is 35.3. The third-order valence-electron chi connectivity index (χ3n) is 4.38. The number of ether oxygens (including phenoxy) is 2. The van der Waals surface area contributed by atoms with Crippen LogP contribution in [-0.4, -0.2) is 23.8 Å². The zero-order chi connectivity index (χ0) is 19.6. The lowest BCUT2D eigenvalue weighted by Crippen LogP contribution is -2.34. The number of ketones is 1. The molecule has 1 atom stereocenters. The molecule has 0 saturated heterocycles. The standard InChI is InChI=1S/C20H17NO6/c1-3-4-12-9-14-11-16(20(23)27-19(14)17(10-12)26-2)18(22)13-5-7-15(8-6-13)21(24)25/h3,5-10,16H,1,4,11H2,2H3. The van der Waals surface area contributed by atoms with Gasteiger partial charge in [0.25, 0.3) is 5.69 Å². The third-order valence-corrected chi connectivity index (χ3v) is 4.38. The van der Waals surface area contributed by atoms with Crippen molar-refractivity contribution in [1.82, 2.24) is 0 Å². The van der Waals surface area contributed by atoms with E-state index in [1.807, 2.05) is 6.07 Å². The summed E-state index contributed by atoms with van der Waals surface area (Å²) in [5.41, 5.74) is 1.73. The molecule has 0 N–H and O–H groups in total. The van der Waals surface area contributed by atoms with Gasteiger partial charge in [-0.25, -0.2) is 0 Å². The second-order valence-electron chi connectivity index (χ2n) is 6.13. The molecule has 1 aliphatic heterocycles. The normalized spacial score (nSPS) is 15.4. The Morgan fingerprint density at radius 3 is 2.67 bits per heavy atom. The van der Waals surface area contributed by atoms with Crippen molar-refractivity contribution in [3.05, 3.63) is 75.9 Å². The van der Waals surface area contributed by atoms with Gasteiger partial charge in [-0.05, 0) is 36.6 Å². The minimum Gasteiger partial charge on any atom is -0.493 e. The highest BCUT2D eigenvalue weighted by atomic mass is 16.6. The molecule has 0 amide bonds. The van der Waals surface area contributed by atoms with E-state index in [4.69, 9.17) is 9.47 Å². The van der Waals surface area contributed by atoms with Crippen molar-refractivity contribution in [1.29, 1.82) is 0 Å². The number of nitrogens with zero attached hydrogens (tertiary/aromatic N) is 1. The first-order valence-electron chi connectivity index (χ1n) is 8.25. The van der Waals surface area contributed by atoms with Gasteiger partial charge < -0.3 is 9.47 Å². The molecule has 0 bridgehead atoms. The molecule has 1 heterocycles. The molecule has 0 aromatic heterocycles. The quantitative estimate of drug-likeness (QED) is 0.148. The van der Waals surface area contributed by atoms with Gasteiger partial charge in [0.1, 0.15) is 5.92 Å². The first-order chi connectivity index (χ1) is 12.9. The van der Waals surface area contributed by atoms with Gasteiger partial charge in [0.2, 0.25) is 0 Å². The fourth-order valence-electron chi connectivity index (χ4n) is 3.05. The van der Waals surface area contributed by atoms with Crippen LogP contribution in [0.2, 0.25) is 0 Å². The topological polar surface area (TPSA) is 95.7 Å². The average molecular weight is 367 g/mol. The molecule has 3 rings (SSSR count). The summed E-state index contributed by atoms with van der Waals surface area (Å²) in [6.45, 7) is 3.71. The number of rotatable bonds is 6. The Hall–Kier alpha value is -3.48. The number of carbonyl (C=O) groups is 2. The Balaban J connectivity index is 1.92. The van der Waals surface area contributed by atoms with Crippen LogP contribution >= 0.6 is 0 Å². The maximum atomic E-state index is 12.7. The largest absolute Gasteiger partial charge is 0.493 e. The SMILES string of the molecule is C=CCc1cc2c(c(OC)c1)OC(=O)C(C(=O)c1ccc([N+](=O)[O-])cc1)C2. The summed E-state index contributed by atoms with van der Waals surface area (Å²) < 4.78 is 10.7. The van der Waals surface area contributed by atoms with Crippen LogP contribution in [0.5, 0.6) is 11.5 Å². The zero-order valence-electron chi connectivity index (χ0n) is 14.6. The van der Waals surface area contributed by atoms with E-state index in [0.717, 1.165) is 5.56 Å². The number of hydrogen-bond donors (Lipinski definition) is 0. The maximum Gasteiger partial charge on any atom is 0.322 e. The van der Waals surface area contributed by atoms with Crippen LogP contribution in [0, 0.1) is 16.0 Å². The minimum atomic E-state index is -1.01. The van der Waals surface area contributed by atoms with Gasteiger partial charge in [0, 0.05) is 23.3 Å². The lowest BCUT2D eigenvalue weighted by atomic mass is 9.88. The Labute approximate surface area is 155 Å². The predicted octanol–water partition coefficient (Wildman–Crippen LogP) is 3.29. The average Bonchev–Trinajstić information content (AvgIpc) is 2.67. The van der Waals surface area contributed by atoms with Crippen LogP contribution < -0.4 is 9.47 Å². The molecular formula is C20H17NO6. The predicted molar refractivity (Wildman–Crippen MR) is 97.2 cm³/mol. The van der Waals surface area contributed by atoms with Gasteiger partial charge in [-0.1, -0.05) is 12.1 Å². The summed E-state index contributed by atoms with van der Waals surface area (Å²) in [6.07, 6.45) is 2.53. The van der Waals surface area contributed by atoms with E-state index in [0.29, 0.717) is 23.5 Å². The van der Waals surface area contributed by atoms with Gasteiger partial charge in [0.05, 0.1) is 12.0 Å². The zero-order valence-corrected chi connectivity index (χ0v) is 14.6. The molecular weight excluding hydrogens is 350 g/mol. The Kier molecular flexibility index (Phi) is 5.03. The number of nitro groups is 1. The number of nitro benzene ring substituents is 1. The van der Waals surface area contributed by atoms with Crippen molar-refractivity contribution in [2.75, 3.05) is 7.11 Å². The molecule has 2 aromatic carbocycles. The lowest BCUT2D eigenvalue weighted by Gasteiger charge is -2.24. The molecule has 0 aliphatic carbocycles. The second-order valence-corrected chi connectivity index (χ2v) is 6.13. The van der Waals surface area contributed by atoms with Crippen LogP contribution in [0.15, 0.2) is 49.1 Å². The van der Waals surface area contributed by atoms with Crippen molar-refractivity contribution < 1.29 is 24.0 Å². The van der Waals surface area contributed by atoms with Crippen LogP contribution in [0.3, 0.4) is 0 Å². The molecule has 0 radical (unpaired) electrons. The van der Waals surface area contributed by atoms with E-state index in [9.17, 15) is 19.7 Å². The number of benzene rings is 2. The molecule has 7 heteroatoms. The molecule has 2 aromatic rings. The first-order valence-corrected chi connectivity index (χ1v) is 8.25. The minimum absolute atomic E-state index is 0.123. The van der Waals surface area contributed by atoms with Crippen molar-refractivity contribution in [3.63, 3.8) is 0 Å². The van der Waals surface area contributed by atoms with Gasteiger partial charge in [-0.2, -0.15) is 0 Å². The van der Waals surface area contributed by atoms with E-state index >= 15 is 0 Å². The summed E-state index contributed by atoms with van der Waals surface area (Å²) in [5.74, 6) is -1.36. The van der Waals surface area contributed by atoms with Gasteiger partial charge in [-0.3, -0.25) is 19.7 Å². The van der Waals surface area contributed by atoms with Crippen LogP contribution in [0.4, 0.5) is 5.69 Å². The number of hydrogen-bond acceptors (Lipinski definition) is 6. The fraction of sp³-hybridized carbons (Fsp3) is 0.200. The Morgan fingerprint density at radius 1 is 1.37 bits per heavy atom. The van der Waals surface area contributed by atoms with Gasteiger partial charge >= 0.3 is 5.97 Å². The van der Waals surface area contributed by atoms with E-state index in [1.54, 1.807) is 12.1 Å². The van der Waals surface area contributed by atoms with Crippen LogP contribution in [-0.2, 0) is 17.6 Å². The van der Waals surface area contributed by atoms with Gasteiger partial charge in [0.15, 0.2) is 17.3 Å². The molecule has 7 nitrogen and oxygen atoms in total. The number of carbonyl (C=O) groups excluding carboxylic acids is 2.